The number of ether oxygens (including phenoxy) is 1. The van der Waals surface area contributed by atoms with Crippen LogP contribution in [-0.4, -0.2) is 30.1 Å². The largest absolute Gasteiger partial charge is 0.416 e. The summed E-state index contributed by atoms with van der Waals surface area (Å²) in [6.07, 6.45) is -3.10. The van der Waals surface area contributed by atoms with Crippen LogP contribution in [0.15, 0.2) is 53.3 Å². The number of aromatic amines is 1. The topological polar surface area (TPSA) is 71.2 Å². The summed E-state index contributed by atoms with van der Waals surface area (Å²) in [5.74, 6) is -0.343. The van der Waals surface area contributed by atoms with E-state index in [-0.39, 0.29) is 34.2 Å². The lowest BCUT2D eigenvalue weighted by Gasteiger charge is -2.23. The third kappa shape index (κ3) is 4.09. The SMILES string of the molecule is O=C(NC1CCOCC1)c1cccc2c(=O)cc(-c3cccc(C(F)(F)F)c3)[nH]c12. The van der Waals surface area contributed by atoms with Gasteiger partial charge in [0.2, 0.25) is 0 Å². The molecule has 2 aromatic carbocycles. The van der Waals surface area contributed by atoms with Crippen molar-refractivity contribution in [1.29, 1.82) is 0 Å². The average Bonchev–Trinajstić information content (AvgIpc) is 2.73. The number of pyridine rings is 1. The Kier molecular flexibility index (Phi) is 5.34. The molecule has 3 aromatic rings. The van der Waals surface area contributed by atoms with Crippen LogP contribution in [-0.2, 0) is 10.9 Å². The average molecular weight is 416 g/mol. The minimum atomic E-state index is -4.50. The molecular weight excluding hydrogens is 397 g/mol. The number of rotatable bonds is 3. The molecular formula is C22H19F3N2O3. The summed E-state index contributed by atoms with van der Waals surface area (Å²) in [4.78, 5) is 28.5. The van der Waals surface area contributed by atoms with Gasteiger partial charge in [-0.3, -0.25) is 9.59 Å². The molecule has 0 spiro atoms. The summed E-state index contributed by atoms with van der Waals surface area (Å²) < 4.78 is 44.5. The number of fused-ring (bicyclic) bond motifs is 1. The predicted molar refractivity (Wildman–Crippen MR) is 106 cm³/mol. The molecule has 156 valence electrons. The van der Waals surface area contributed by atoms with Crippen LogP contribution >= 0.6 is 0 Å². The number of alkyl halides is 3. The molecule has 1 aliphatic heterocycles. The zero-order valence-corrected chi connectivity index (χ0v) is 15.9. The van der Waals surface area contributed by atoms with E-state index in [0.717, 1.165) is 12.1 Å². The van der Waals surface area contributed by atoms with Gasteiger partial charge in [0.15, 0.2) is 5.43 Å². The van der Waals surface area contributed by atoms with Gasteiger partial charge in [-0.05, 0) is 42.7 Å². The molecule has 1 saturated heterocycles. The lowest BCUT2D eigenvalue weighted by atomic mass is 10.0. The molecule has 4 rings (SSSR count). The van der Waals surface area contributed by atoms with Crippen molar-refractivity contribution in [2.24, 2.45) is 0 Å². The Bertz CT molecular complexity index is 1150. The third-order valence-electron chi connectivity index (χ3n) is 5.17. The van der Waals surface area contributed by atoms with Gasteiger partial charge >= 0.3 is 6.18 Å². The first-order chi connectivity index (χ1) is 14.3. The minimum Gasteiger partial charge on any atom is -0.381 e. The molecule has 0 bridgehead atoms. The molecule has 0 unspecified atom stereocenters. The number of carbonyl (C=O) groups excluding carboxylic acids is 1. The van der Waals surface area contributed by atoms with Crippen molar-refractivity contribution in [3.05, 3.63) is 69.9 Å². The molecule has 0 atom stereocenters. The molecule has 0 aliphatic carbocycles. The maximum absolute atomic E-state index is 13.1. The van der Waals surface area contributed by atoms with Gasteiger partial charge in [0, 0.05) is 36.4 Å². The van der Waals surface area contributed by atoms with Crippen LogP contribution < -0.4 is 10.7 Å². The molecule has 8 heteroatoms. The summed E-state index contributed by atoms with van der Waals surface area (Å²) in [5, 5.41) is 3.24. The lowest BCUT2D eigenvalue weighted by molar-refractivity contribution is -0.137. The van der Waals surface area contributed by atoms with Crippen molar-refractivity contribution in [3.8, 4) is 11.3 Å². The summed E-state index contributed by atoms with van der Waals surface area (Å²) in [6, 6.07) is 10.7. The molecule has 30 heavy (non-hydrogen) atoms. The first-order valence-electron chi connectivity index (χ1n) is 9.55. The molecule has 0 saturated carbocycles. The summed E-state index contributed by atoms with van der Waals surface area (Å²) in [7, 11) is 0. The smallest absolute Gasteiger partial charge is 0.381 e. The number of halogens is 3. The fourth-order valence-electron chi connectivity index (χ4n) is 3.58. The van der Waals surface area contributed by atoms with Gasteiger partial charge < -0.3 is 15.0 Å². The lowest BCUT2D eigenvalue weighted by Crippen LogP contribution is -2.39. The van der Waals surface area contributed by atoms with Gasteiger partial charge in [0.1, 0.15) is 0 Å². The van der Waals surface area contributed by atoms with E-state index in [1.165, 1.54) is 18.2 Å². The highest BCUT2D eigenvalue weighted by Gasteiger charge is 2.30. The Morgan fingerprint density at radius 3 is 2.53 bits per heavy atom. The molecule has 1 amide bonds. The first-order valence-corrected chi connectivity index (χ1v) is 9.55. The van der Waals surface area contributed by atoms with Crippen molar-refractivity contribution in [3.63, 3.8) is 0 Å². The van der Waals surface area contributed by atoms with E-state index >= 15 is 0 Å². The predicted octanol–water partition coefficient (Wildman–Crippen LogP) is 4.12. The molecule has 2 N–H and O–H groups in total. The monoisotopic (exact) mass is 416 g/mol. The second-order valence-corrected chi connectivity index (χ2v) is 7.21. The standard InChI is InChI=1S/C22H19F3N2O3/c23-22(24,25)14-4-1-3-13(11-14)18-12-19(28)16-5-2-6-17(20(16)27-18)21(29)26-15-7-9-30-10-8-15/h1-6,11-12,15H,7-10H2,(H,26,29)(H,27,28). The van der Waals surface area contributed by atoms with Gasteiger partial charge in [-0.2, -0.15) is 13.2 Å². The zero-order valence-electron chi connectivity index (χ0n) is 15.9. The maximum Gasteiger partial charge on any atom is 0.416 e. The first kappa shape index (κ1) is 20.2. The van der Waals surface area contributed by atoms with E-state index in [1.54, 1.807) is 18.2 Å². The van der Waals surface area contributed by atoms with E-state index in [0.29, 0.717) is 37.0 Å². The Balaban J connectivity index is 1.76. The fraction of sp³-hybridized carbons (Fsp3) is 0.273. The number of para-hydroxylation sites is 1. The van der Waals surface area contributed by atoms with Crippen LogP contribution in [0, 0.1) is 0 Å². The van der Waals surface area contributed by atoms with Gasteiger partial charge in [0.05, 0.1) is 16.6 Å². The van der Waals surface area contributed by atoms with E-state index in [1.807, 2.05) is 0 Å². The number of benzene rings is 2. The van der Waals surface area contributed by atoms with Gasteiger partial charge in [-0.25, -0.2) is 0 Å². The number of hydrogen-bond acceptors (Lipinski definition) is 3. The highest BCUT2D eigenvalue weighted by atomic mass is 19.4. The normalized spacial score (nSPS) is 15.3. The van der Waals surface area contributed by atoms with Crippen molar-refractivity contribution >= 4 is 16.8 Å². The highest BCUT2D eigenvalue weighted by molar-refractivity contribution is 6.06. The Morgan fingerprint density at radius 2 is 1.80 bits per heavy atom. The molecule has 2 heterocycles. The van der Waals surface area contributed by atoms with Crippen molar-refractivity contribution in [2.75, 3.05) is 13.2 Å². The number of aromatic nitrogens is 1. The summed E-state index contributed by atoms with van der Waals surface area (Å²) >= 11 is 0. The van der Waals surface area contributed by atoms with E-state index in [2.05, 4.69) is 10.3 Å². The van der Waals surface area contributed by atoms with Crippen LogP contribution in [0.4, 0.5) is 13.2 Å². The molecule has 1 fully saturated rings. The zero-order chi connectivity index (χ0) is 21.3. The van der Waals surface area contributed by atoms with E-state index in [4.69, 9.17) is 4.74 Å². The van der Waals surface area contributed by atoms with Crippen molar-refractivity contribution in [2.45, 2.75) is 25.1 Å². The quantitative estimate of drug-likeness (QED) is 0.675. The van der Waals surface area contributed by atoms with Gasteiger partial charge in [0.25, 0.3) is 5.91 Å². The van der Waals surface area contributed by atoms with Gasteiger partial charge in [-0.15, -0.1) is 0 Å². The van der Waals surface area contributed by atoms with Crippen LogP contribution in [0.25, 0.3) is 22.2 Å². The van der Waals surface area contributed by atoms with Crippen LogP contribution in [0.5, 0.6) is 0 Å². The van der Waals surface area contributed by atoms with Crippen molar-refractivity contribution < 1.29 is 22.7 Å². The number of nitrogens with one attached hydrogen (secondary N) is 2. The molecule has 1 aliphatic rings. The number of carbonyl (C=O) groups is 1. The number of H-pyrrole nitrogens is 1. The molecule has 5 nitrogen and oxygen atoms in total. The Morgan fingerprint density at radius 1 is 1.07 bits per heavy atom. The summed E-state index contributed by atoms with van der Waals surface area (Å²) in [5.41, 5.74) is -0.205. The second-order valence-electron chi connectivity index (χ2n) is 7.21. The number of hydrogen-bond donors (Lipinski definition) is 2. The Labute approximate surface area is 169 Å². The maximum atomic E-state index is 13.1. The Hall–Kier alpha value is -3.13. The molecule has 1 aromatic heterocycles. The fourth-order valence-corrected chi connectivity index (χ4v) is 3.58. The van der Waals surface area contributed by atoms with Crippen LogP contribution in [0.1, 0.15) is 28.8 Å². The summed E-state index contributed by atoms with van der Waals surface area (Å²) in [6.45, 7) is 1.13. The van der Waals surface area contributed by atoms with Crippen LogP contribution in [0.3, 0.4) is 0 Å². The van der Waals surface area contributed by atoms with E-state index < -0.39 is 11.7 Å². The minimum absolute atomic E-state index is 0.0279. The number of amides is 1. The van der Waals surface area contributed by atoms with Crippen LogP contribution in [0.2, 0.25) is 0 Å². The molecule has 0 radical (unpaired) electrons. The van der Waals surface area contributed by atoms with Gasteiger partial charge in [-0.1, -0.05) is 18.2 Å². The van der Waals surface area contributed by atoms with Crippen molar-refractivity contribution in [1.82, 2.24) is 10.3 Å². The highest BCUT2D eigenvalue weighted by Crippen LogP contribution is 2.32. The third-order valence-corrected chi connectivity index (χ3v) is 5.17. The van der Waals surface area contributed by atoms with E-state index in [9.17, 15) is 22.8 Å². The second kappa shape index (κ2) is 7.95.